The molecule has 0 fully saturated rings. The molecular weight excluding hydrogens is 545 g/mol. The van der Waals surface area contributed by atoms with Crippen LogP contribution < -0.4 is 14.3 Å². The van der Waals surface area contributed by atoms with E-state index in [0.717, 1.165) is 28.6 Å². The molecule has 0 aliphatic carbocycles. The van der Waals surface area contributed by atoms with E-state index in [1.54, 1.807) is 38.1 Å². The normalized spacial score (nSPS) is 11.6. The molecule has 2 N–H and O–H groups in total. The molecule has 1 aromatic heterocycles. The third-order valence-electron chi connectivity index (χ3n) is 5.39. The van der Waals surface area contributed by atoms with Crippen LogP contribution in [0, 0.1) is 19.7 Å². The number of amides is 1. The summed E-state index contributed by atoms with van der Waals surface area (Å²) in [6, 6.07) is 19.3. The predicted molar refractivity (Wildman–Crippen MR) is 145 cm³/mol. The summed E-state index contributed by atoms with van der Waals surface area (Å²) >= 11 is 0. The molecule has 3 aromatic carbocycles. The van der Waals surface area contributed by atoms with Gasteiger partial charge in [-0.3, -0.25) is 9.10 Å². The van der Waals surface area contributed by atoms with Gasteiger partial charge in [-0.2, -0.15) is 0 Å². The molecule has 4 rings (SSSR count). The second-order valence-electron chi connectivity index (χ2n) is 8.45. The van der Waals surface area contributed by atoms with Gasteiger partial charge >= 0.3 is 0 Å². The quantitative estimate of drug-likeness (QED) is 0.312. The average Bonchev–Trinajstić information content (AvgIpc) is 2.87. The minimum atomic E-state index is -4.21. The molecule has 0 atom stereocenters. The zero-order valence-corrected chi connectivity index (χ0v) is 22.5. The van der Waals surface area contributed by atoms with Crippen molar-refractivity contribution in [2.45, 2.75) is 23.6 Å². The van der Waals surface area contributed by atoms with Crippen LogP contribution >= 0.6 is 0 Å². The maximum absolute atomic E-state index is 13.4. The number of carbonyl (C=O) groups is 1. The van der Waals surface area contributed by atoms with Crippen LogP contribution in [0.1, 0.15) is 11.4 Å². The van der Waals surface area contributed by atoms with Gasteiger partial charge in [0.05, 0.1) is 15.5 Å². The van der Waals surface area contributed by atoms with E-state index in [9.17, 15) is 26.0 Å². The first-order valence-corrected chi connectivity index (χ1v) is 14.4. The lowest BCUT2D eigenvalue weighted by atomic mass is 10.3. The Balaban J connectivity index is 1.51. The Bertz CT molecular complexity index is 1680. The Morgan fingerprint density at radius 1 is 0.821 bits per heavy atom. The highest BCUT2D eigenvalue weighted by Gasteiger charge is 2.27. The van der Waals surface area contributed by atoms with Gasteiger partial charge in [-0.1, -0.05) is 18.2 Å². The number of sulfonamides is 2. The molecule has 4 aromatic rings. The van der Waals surface area contributed by atoms with Crippen molar-refractivity contribution in [3.63, 3.8) is 0 Å². The number of halogens is 1. The van der Waals surface area contributed by atoms with E-state index >= 15 is 0 Å². The number of anilines is 3. The zero-order valence-electron chi connectivity index (χ0n) is 20.9. The van der Waals surface area contributed by atoms with Gasteiger partial charge in [0.2, 0.25) is 11.9 Å². The van der Waals surface area contributed by atoms with E-state index < -0.39 is 38.3 Å². The molecule has 0 radical (unpaired) electrons. The number of hydrogen-bond donors (Lipinski definition) is 2. The maximum atomic E-state index is 13.4. The van der Waals surface area contributed by atoms with Gasteiger partial charge in [0.25, 0.3) is 20.0 Å². The molecule has 1 heterocycles. The Hall–Kier alpha value is -4.36. The number of aromatic nitrogens is 2. The van der Waals surface area contributed by atoms with Crippen LogP contribution in [0.5, 0.6) is 0 Å². The topological polar surface area (TPSA) is 138 Å². The SMILES string of the molecule is Cc1cc(C)nc(NS(=O)(=O)c2ccc(NC(=O)CN(c3ccccc3)S(=O)(=O)c3ccc(F)cc3)cc2)n1. The average molecular weight is 570 g/mol. The number of benzene rings is 3. The fourth-order valence-corrected chi connectivity index (χ4v) is 6.01. The van der Waals surface area contributed by atoms with Crippen molar-refractivity contribution in [1.29, 1.82) is 0 Å². The van der Waals surface area contributed by atoms with Gasteiger partial charge < -0.3 is 5.32 Å². The van der Waals surface area contributed by atoms with E-state index in [1.807, 2.05) is 0 Å². The van der Waals surface area contributed by atoms with Gasteiger partial charge in [0.1, 0.15) is 12.4 Å². The Labute approximate surface area is 225 Å². The molecule has 0 spiro atoms. The first-order valence-electron chi connectivity index (χ1n) is 11.5. The van der Waals surface area contributed by atoms with E-state index in [0.29, 0.717) is 11.4 Å². The monoisotopic (exact) mass is 569 g/mol. The van der Waals surface area contributed by atoms with Crippen molar-refractivity contribution in [2.75, 3.05) is 20.9 Å². The number of para-hydroxylation sites is 1. The molecule has 10 nitrogen and oxygen atoms in total. The van der Waals surface area contributed by atoms with Crippen molar-refractivity contribution in [3.8, 4) is 0 Å². The van der Waals surface area contributed by atoms with Crippen molar-refractivity contribution < 1.29 is 26.0 Å². The summed E-state index contributed by atoms with van der Waals surface area (Å²) in [5.74, 6) is -1.34. The van der Waals surface area contributed by atoms with E-state index in [-0.39, 0.29) is 27.1 Å². The molecule has 13 heteroatoms. The van der Waals surface area contributed by atoms with Gasteiger partial charge in [0.15, 0.2) is 0 Å². The molecular formula is C26H24FN5O5S2. The van der Waals surface area contributed by atoms with Crippen molar-refractivity contribution in [3.05, 3.63) is 102 Å². The highest BCUT2D eigenvalue weighted by molar-refractivity contribution is 7.93. The first kappa shape index (κ1) is 27.7. The van der Waals surface area contributed by atoms with Crippen LogP contribution in [0.4, 0.5) is 21.7 Å². The zero-order chi connectivity index (χ0) is 28.2. The van der Waals surface area contributed by atoms with E-state index in [1.165, 1.54) is 36.4 Å². The standard InChI is InChI=1S/C26H24FN5O5S2/c1-18-16-19(2)29-26(28-18)31-38(34,35)23-14-10-21(11-15-23)30-25(33)17-32(22-6-4-3-5-7-22)39(36,37)24-12-8-20(27)9-13-24/h3-16H,17H2,1-2H3,(H,30,33)(H,28,29,31). The van der Waals surface area contributed by atoms with E-state index in [2.05, 4.69) is 20.0 Å². The maximum Gasteiger partial charge on any atom is 0.264 e. The Morgan fingerprint density at radius 3 is 1.97 bits per heavy atom. The molecule has 0 saturated heterocycles. The number of aryl methyl sites for hydroxylation is 2. The fraction of sp³-hybridized carbons (Fsp3) is 0.115. The van der Waals surface area contributed by atoms with Gasteiger partial charge in [0, 0.05) is 17.1 Å². The summed E-state index contributed by atoms with van der Waals surface area (Å²) in [6.07, 6.45) is 0. The number of nitrogens with zero attached hydrogens (tertiary/aromatic N) is 3. The number of rotatable bonds is 9. The molecule has 39 heavy (non-hydrogen) atoms. The smallest absolute Gasteiger partial charge is 0.264 e. The Kier molecular flexibility index (Phi) is 7.93. The number of nitrogens with one attached hydrogen (secondary N) is 2. The first-order chi connectivity index (χ1) is 18.4. The summed E-state index contributed by atoms with van der Waals surface area (Å²) in [4.78, 5) is 20.8. The molecule has 0 saturated carbocycles. The summed E-state index contributed by atoms with van der Waals surface area (Å²) in [7, 11) is -8.22. The van der Waals surface area contributed by atoms with Crippen LogP contribution in [0.15, 0.2) is 94.7 Å². The largest absolute Gasteiger partial charge is 0.325 e. The van der Waals surface area contributed by atoms with Gasteiger partial charge in [-0.15, -0.1) is 0 Å². The summed E-state index contributed by atoms with van der Waals surface area (Å²) in [5.41, 5.74) is 1.68. The second kappa shape index (κ2) is 11.2. The minimum absolute atomic E-state index is 0.0618. The van der Waals surface area contributed by atoms with Crippen molar-refractivity contribution in [2.24, 2.45) is 0 Å². The van der Waals surface area contributed by atoms with Crippen LogP contribution in [0.3, 0.4) is 0 Å². The highest BCUT2D eigenvalue weighted by atomic mass is 32.2. The molecule has 202 valence electrons. The number of carbonyl (C=O) groups excluding carboxylic acids is 1. The third-order valence-corrected chi connectivity index (χ3v) is 8.52. The minimum Gasteiger partial charge on any atom is -0.325 e. The van der Waals surface area contributed by atoms with Gasteiger partial charge in [-0.25, -0.2) is 35.9 Å². The lowest BCUT2D eigenvalue weighted by molar-refractivity contribution is -0.114. The van der Waals surface area contributed by atoms with Crippen molar-refractivity contribution >= 4 is 43.3 Å². The van der Waals surface area contributed by atoms with Crippen LogP contribution in [0.2, 0.25) is 0 Å². The summed E-state index contributed by atoms with van der Waals surface area (Å²) < 4.78 is 68.7. The lowest BCUT2D eigenvalue weighted by Crippen LogP contribution is -2.38. The van der Waals surface area contributed by atoms with E-state index in [4.69, 9.17) is 0 Å². The van der Waals surface area contributed by atoms with Crippen molar-refractivity contribution in [1.82, 2.24) is 9.97 Å². The van der Waals surface area contributed by atoms with Gasteiger partial charge in [-0.05, 0) is 80.6 Å². The van der Waals surface area contributed by atoms with Crippen LogP contribution in [0.25, 0.3) is 0 Å². The molecule has 0 aliphatic heterocycles. The predicted octanol–water partition coefficient (Wildman–Crippen LogP) is 3.87. The summed E-state index contributed by atoms with van der Waals surface area (Å²) in [6.45, 7) is 2.84. The fourth-order valence-electron chi connectivity index (χ4n) is 3.64. The molecule has 0 unspecified atom stereocenters. The third kappa shape index (κ3) is 6.75. The van der Waals surface area contributed by atoms with Crippen LogP contribution in [-0.4, -0.2) is 39.3 Å². The molecule has 0 bridgehead atoms. The van der Waals surface area contributed by atoms with Crippen LogP contribution in [-0.2, 0) is 24.8 Å². The second-order valence-corrected chi connectivity index (χ2v) is 12.0. The summed E-state index contributed by atoms with van der Waals surface area (Å²) in [5, 5.41) is 2.57. The highest BCUT2D eigenvalue weighted by Crippen LogP contribution is 2.24. The Morgan fingerprint density at radius 2 is 1.38 bits per heavy atom. The number of hydrogen-bond acceptors (Lipinski definition) is 7. The molecule has 0 aliphatic rings. The molecule has 1 amide bonds. The lowest BCUT2D eigenvalue weighted by Gasteiger charge is -2.24.